The van der Waals surface area contributed by atoms with Gasteiger partial charge >= 0.3 is 0 Å². The Labute approximate surface area is 336 Å². The number of ether oxygens (including phenoxy) is 1. The van der Waals surface area contributed by atoms with Gasteiger partial charge in [-0.1, -0.05) is 25.5 Å². The minimum Gasteiger partial charge on any atom is -0.494 e. The standard InChI is InChI=1S/C45H54N4O.3ClH/c1-8-9-20-50-44-12-10-42(11-13-44)49(30-38-25-41(28-46-27-38)39-21-31(2)35(6)32(3)22-39)43-15-18-48(19-16-43)29-37-14-17-47-45(26-37)40-23-33(4)36(7)34(5)24-40;;;/h10-14,17,21-28,43H,8-9,15-16,18-20,29-30H2,1-7H3;3*1H. The van der Waals surface area contributed by atoms with Crippen molar-refractivity contribution >= 4 is 42.9 Å². The van der Waals surface area contributed by atoms with Gasteiger partial charge in [-0.3, -0.25) is 14.9 Å². The SMILES string of the molecule is CCCCOc1ccc(N(Cc2cncc(-c3cc(C)c(C)c(C)c3)c2)C2CCN(Cc3ccnc(-c4cc(C)c(C)c(C)c4)c3)CC2)cc1.Cl.Cl.Cl. The maximum Gasteiger partial charge on any atom is 0.119 e. The van der Waals surface area contributed by atoms with E-state index in [1.807, 2.05) is 18.6 Å². The van der Waals surface area contributed by atoms with Gasteiger partial charge in [-0.15, -0.1) is 37.2 Å². The van der Waals surface area contributed by atoms with Crippen molar-refractivity contribution < 1.29 is 4.74 Å². The van der Waals surface area contributed by atoms with Crippen molar-refractivity contribution in [3.8, 4) is 28.1 Å². The molecule has 6 rings (SSSR count). The summed E-state index contributed by atoms with van der Waals surface area (Å²) in [6.45, 7) is 20.0. The van der Waals surface area contributed by atoms with E-state index in [-0.39, 0.29) is 37.2 Å². The highest BCUT2D eigenvalue weighted by Gasteiger charge is 2.26. The van der Waals surface area contributed by atoms with Crippen LogP contribution in [0.1, 0.15) is 77.1 Å². The van der Waals surface area contributed by atoms with Crippen LogP contribution < -0.4 is 9.64 Å². The second-order valence-electron chi connectivity index (χ2n) is 14.4. The molecule has 0 spiro atoms. The molecule has 1 fully saturated rings. The number of pyridine rings is 2. The van der Waals surface area contributed by atoms with Gasteiger partial charge in [0.15, 0.2) is 0 Å². The van der Waals surface area contributed by atoms with E-state index in [2.05, 4.69) is 125 Å². The number of piperidine rings is 1. The van der Waals surface area contributed by atoms with Crippen LogP contribution in [0, 0.1) is 41.5 Å². The molecule has 3 aromatic carbocycles. The molecule has 0 aliphatic carbocycles. The first-order chi connectivity index (χ1) is 24.2. The third-order valence-corrected chi connectivity index (χ3v) is 10.8. The second kappa shape index (κ2) is 20.2. The van der Waals surface area contributed by atoms with Crippen molar-refractivity contribution in [1.82, 2.24) is 14.9 Å². The monoisotopic (exact) mass is 774 g/mol. The highest BCUT2D eigenvalue weighted by Crippen LogP contribution is 2.31. The van der Waals surface area contributed by atoms with Crippen LogP contribution in [-0.4, -0.2) is 40.6 Å². The van der Waals surface area contributed by atoms with Gasteiger partial charge in [0.05, 0.1) is 12.3 Å². The Morgan fingerprint density at radius 1 is 0.698 bits per heavy atom. The molecule has 0 unspecified atom stereocenters. The molecular weight excluding hydrogens is 719 g/mol. The van der Waals surface area contributed by atoms with E-state index in [0.29, 0.717) is 6.04 Å². The molecule has 3 heterocycles. The van der Waals surface area contributed by atoms with Crippen LogP contribution in [0.15, 0.2) is 85.3 Å². The average molecular weight is 776 g/mol. The van der Waals surface area contributed by atoms with Gasteiger partial charge < -0.3 is 9.64 Å². The zero-order valence-corrected chi connectivity index (χ0v) is 34.9. The molecule has 0 N–H and O–H groups in total. The molecule has 8 heteroatoms. The minimum atomic E-state index is 0. The van der Waals surface area contributed by atoms with E-state index in [0.717, 1.165) is 69.9 Å². The van der Waals surface area contributed by atoms with Crippen LogP contribution in [0.25, 0.3) is 22.4 Å². The summed E-state index contributed by atoms with van der Waals surface area (Å²) in [4.78, 5) is 14.7. The first-order valence-electron chi connectivity index (χ1n) is 18.5. The minimum absolute atomic E-state index is 0. The molecule has 284 valence electrons. The van der Waals surface area contributed by atoms with Crippen LogP contribution in [0.5, 0.6) is 5.75 Å². The smallest absolute Gasteiger partial charge is 0.119 e. The van der Waals surface area contributed by atoms with Crippen LogP contribution in [0.4, 0.5) is 5.69 Å². The Kier molecular flexibility index (Phi) is 16.7. The Morgan fingerprint density at radius 3 is 1.91 bits per heavy atom. The van der Waals surface area contributed by atoms with Crippen molar-refractivity contribution in [2.24, 2.45) is 0 Å². The third-order valence-electron chi connectivity index (χ3n) is 10.8. The molecule has 0 radical (unpaired) electrons. The van der Waals surface area contributed by atoms with E-state index in [1.165, 1.54) is 66.9 Å². The second-order valence-corrected chi connectivity index (χ2v) is 14.4. The number of hydrogen-bond donors (Lipinski definition) is 0. The molecule has 5 aromatic rings. The Morgan fingerprint density at radius 2 is 1.30 bits per heavy atom. The quantitative estimate of drug-likeness (QED) is 0.118. The van der Waals surface area contributed by atoms with Gasteiger partial charge in [0.1, 0.15) is 5.75 Å². The van der Waals surface area contributed by atoms with Crippen molar-refractivity contribution in [3.05, 3.63) is 130 Å². The van der Waals surface area contributed by atoms with Gasteiger partial charge in [0, 0.05) is 67.6 Å². The number of benzene rings is 3. The molecule has 1 aliphatic rings. The fourth-order valence-electron chi connectivity index (χ4n) is 7.19. The van der Waals surface area contributed by atoms with Crippen molar-refractivity contribution in [1.29, 1.82) is 0 Å². The number of nitrogens with zero attached hydrogens (tertiary/aromatic N) is 4. The molecule has 0 bridgehead atoms. The van der Waals surface area contributed by atoms with Gasteiger partial charge in [0.2, 0.25) is 0 Å². The summed E-state index contributed by atoms with van der Waals surface area (Å²) in [6, 6.07) is 25.1. The summed E-state index contributed by atoms with van der Waals surface area (Å²) in [5, 5.41) is 0. The first-order valence-corrected chi connectivity index (χ1v) is 18.5. The maximum absolute atomic E-state index is 6.02. The number of likely N-dealkylation sites (tertiary alicyclic amines) is 1. The van der Waals surface area contributed by atoms with Gasteiger partial charge in [-0.2, -0.15) is 0 Å². The van der Waals surface area contributed by atoms with Gasteiger partial charge in [0.25, 0.3) is 0 Å². The number of halogens is 3. The van der Waals surface area contributed by atoms with Gasteiger partial charge in [-0.25, -0.2) is 0 Å². The number of unbranched alkanes of at least 4 members (excludes halogenated alkanes) is 1. The van der Waals surface area contributed by atoms with Crippen molar-refractivity contribution in [2.75, 3.05) is 24.6 Å². The highest BCUT2D eigenvalue weighted by atomic mass is 35.5. The molecule has 1 saturated heterocycles. The molecule has 0 amide bonds. The summed E-state index contributed by atoms with van der Waals surface area (Å²) in [5.74, 6) is 0.943. The van der Waals surface area contributed by atoms with E-state index in [4.69, 9.17) is 14.7 Å². The lowest BCUT2D eigenvalue weighted by Gasteiger charge is -2.40. The molecule has 2 aromatic heterocycles. The van der Waals surface area contributed by atoms with Crippen molar-refractivity contribution in [3.63, 3.8) is 0 Å². The third kappa shape index (κ3) is 11.0. The van der Waals surface area contributed by atoms with Crippen LogP contribution >= 0.6 is 37.2 Å². The summed E-state index contributed by atoms with van der Waals surface area (Å²) in [7, 11) is 0. The lowest BCUT2D eigenvalue weighted by atomic mass is 9.96. The zero-order chi connectivity index (χ0) is 35.2. The van der Waals surface area contributed by atoms with E-state index in [1.54, 1.807) is 0 Å². The first kappa shape index (κ1) is 43.8. The molecule has 5 nitrogen and oxygen atoms in total. The fourth-order valence-corrected chi connectivity index (χ4v) is 7.19. The average Bonchev–Trinajstić information content (AvgIpc) is 3.12. The maximum atomic E-state index is 6.02. The summed E-state index contributed by atoms with van der Waals surface area (Å²) < 4.78 is 6.02. The normalized spacial score (nSPS) is 13.0. The number of anilines is 1. The number of aryl methyl sites for hydroxylation is 4. The van der Waals surface area contributed by atoms with E-state index in [9.17, 15) is 0 Å². The van der Waals surface area contributed by atoms with E-state index < -0.39 is 0 Å². The number of rotatable bonds is 12. The number of hydrogen-bond acceptors (Lipinski definition) is 5. The predicted octanol–water partition coefficient (Wildman–Crippen LogP) is 11.8. The zero-order valence-electron chi connectivity index (χ0n) is 32.4. The molecule has 0 atom stereocenters. The topological polar surface area (TPSA) is 41.5 Å². The fraction of sp³-hybridized carbons (Fsp3) is 0.378. The summed E-state index contributed by atoms with van der Waals surface area (Å²) >= 11 is 0. The van der Waals surface area contributed by atoms with Gasteiger partial charge in [-0.05, 0) is 165 Å². The number of aromatic nitrogens is 2. The molecule has 1 aliphatic heterocycles. The van der Waals surface area contributed by atoms with Crippen LogP contribution in [0.3, 0.4) is 0 Å². The molecular formula is C45H57Cl3N4O. The molecule has 0 saturated carbocycles. The largest absolute Gasteiger partial charge is 0.494 e. The summed E-state index contributed by atoms with van der Waals surface area (Å²) in [5.41, 5.74) is 16.5. The van der Waals surface area contributed by atoms with Crippen LogP contribution in [0.2, 0.25) is 0 Å². The predicted molar refractivity (Wildman–Crippen MR) is 231 cm³/mol. The molecule has 53 heavy (non-hydrogen) atoms. The lowest BCUT2D eigenvalue weighted by molar-refractivity contribution is 0.201. The van der Waals surface area contributed by atoms with Crippen molar-refractivity contribution in [2.45, 2.75) is 93.3 Å². The Balaban J connectivity index is 0.00000252. The lowest BCUT2D eigenvalue weighted by Crippen LogP contribution is -2.44. The Bertz CT molecular complexity index is 1880. The van der Waals surface area contributed by atoms with Crippen LogP contribution in [-0.2, 0) is 13.1 Å². The van der Waals surface area contributed by atoms with E-state index >= 15 is 0 Å². The summed E-state index contributed by atoms with van der Waals surface area (Å²) in [6.07, 6.45) is 10.4. The highest BCUT2D eigenvalue weighted by molar-refractivity contribution is 5.86. The Hall–Kier alpha value is -3.61.